The fraction of sp³-hybridized carbons (Fsp3) is 0.250. The molecule has 1 aromatic carbocycles. The van der Waals surface area contributed by atoms with E-state index in [-0.39, 0.29) is 12.2 Å². The van der Waals surface area contributed by atoms with E-state index in [0.29, 0.717) is 11.1 Å². The second-order valence-corrected chi connectivity index (χ2v) is 2.87. The first-order valence-corrected chi connectivity index (χ1v) is 3.86. The number of nitrogens with zero attached hydrogens (tertiary/aromatic N) is 2. The van der Waals surface area contributed by atoms with E-state index >= 15 is 0 Å². The lowest BCUT2D eigenvalue weighted by Gasteiger charge is -1.98. The van der Waals surface area contributed by atoms with Crippen LogP contribution in [0, 0.1) is 27.2 Å². The molecule has 0 aliphatic carbocycles. The van der Waals surface area contributed by atoms with E-state index in [1.165, 1.54) is 18.2 Å². The first-order valence-electron chi connectivity index (χ1n) is 3.86. The van der Waals surface area contributed by atoms with Crippen LogP contribution in [-0.4, -0.2) is 9.85 Å². The summed E-state index contributed by atoms with van der Waals surface area (Å²) >= 11 is 0. The zero-order valence-corrected chi connectivity index (χ0v) is 7.47. The SMILES string of the molecule is Cc1ccc(C[N+](=O)[O-])cc1[N+](=O)[O-]. The van der Waals surface area contributed by atoms with Gasteiger partial charge in [0, 0.05) is 22.1 Å². The van der Waals surface area contributed by atoms with Gasteiger partial charge >= 0.3 is 0 Å². The first-order chi connectivity index (χ1) is 6.50. The van der Waals surface area contributed by atoms with Gasteiger partial charge in [0.2, 0.25) is 6.54 Å². The lowest BCUT2D eigenvalue weighted by atomic mass is 10.1. The van der Waals surface area contributed by atoms with Gasteiger partial charge in [0.25, 0.3) is 5.69 Å². The zero-order chi connectivity index (χ0) is 10.7. The average molecular weight is 196 g/mol. The normalized spacial score (nSPS) is 9.79. The molecule has 0 spiro atoms. The van der Waals surface area contributed by atoms with Crippen LogP contribution in [-0.2, 0) is 6.54 Å². The van der Waals surface area contributed by atoms with Gasteiger partial charge in [0.1, 0.15) is 0 Å². The maximum Gasteiger partial charge on any atom is 0.272 e. The molecule has 1 aromatic rings. The monoisotopic (exact) mass is 196 g/mol. The molecule has 0 radical (unpaired) electrons. The highest BCUT2D eigenvalue weighted by Gasteiger charge is 2.12. The molecule has 0 amide bonds. The summed E-state index contributed by atoms with van der Waals surface area (Å²) in [5.41, 5.74) is 0.763. The highest BCUT2D eigenvalue weighted by Crippen LogP contribution is 2.19. The largest absolute Gasteiger partial charge is 0.272 e. The fourth-order valence-corrected chi connectivity index (χ4v) is 1.10. The van der Waals surface area contributed by atoms with Crippen LogP contribution in [0.4, 0.5) is 5.69 Å². The summed E-state index contributed by atoms with van der Waals surface area (Å²) < 4.78 is 0. The molecule has 6 heteroatoms. The molecule has 0 bridgehead atoms. The number of hydrogen-bond donors (Lipinski definition) is 0. The van der Waals surface area contributed by atoms with Crippen LogP contribution in [0.3, 0.4) is 0 Å². The highest BCUT2D eigenvalue weighted by atomic mass is 16.6. The van der Waals surface area contributed by atoms with Crippen molar-refractivity contribution in [2.75, 3.05) is 0 Å². The maximum absolute atomic E-state index is 10.5. The quantitative estimate of drug-likeness (QED) is 0.543. The van der Waals surface area contributed by atoms with Crippen LogP contribution in [0.1, 0.15) is 11.1 Å². The number of nitro benzene ring substituents is 1. The van der Waals surface area contributed by atoms with Crippen molar-refractivity contribution in [2.45, 2.75) is 13.5 Å². The van der Waals surface area contributed by atoms with Crippen LogP contribution in [0.15, 0.2) is 18.2 Å². The van der Waals surface area contributed by atoms with Crippen molar-refractivity contribution in [1.82, 2.24) is 0 Å². The fourth-order valence-electron chi connectivity index (χ4n) is 1.10. The molecular weight excluding hydrogens is 188 g/mol. The second kappa shape index (κ2) is 3.82. The number of nitro groups is 2. The topological polar surface area (TPSA) is 86.3 Å². The van der Waals surface area contributed by atoms with Crippen molar-refractivity contribution in [2.24, 2.45) is 0 Å². The molecular formula is C8H8N2O4. The Balaban J connectivity index is 3.06. The third-order valence-corrected chi connectivity index (χ3v) is 1.78. The molecule has 0 aliphatic rings. The van der Waals surface area contributed by atoms with E-state index in [4.69, 9.17) is 0 Å². The molecule has 0 N–H and O–H groups in total. The smallest absolute Gasteiger partial charge is 0.264 e. The third-order valence-electron chi connectivity index (χ3n) is 1.78. The molecule has 0 aliphatic heterocycles. The maximum atomic E-state index is 10.5. The number of hydrogen-bond acceptors (Lipinski definition) is 4. The predicted molar refractivity (Wildman–Crippen MR) is 48.5 cm³/mol. The van der Waals surface area contributed by atoms with E-state index in [1.807, 2.05) is 0 Å². The van der Waals surface area contributed by atoms with Crippen LogP contribution < -0.4 is 0 Å². The second-order valence-electron chi connectivity index (χ2n) is 2.87. The van der Waals surface area contributed by atoms with Crippen LogP contribution in [0.2, 0.25) is 0 Å². The minimum Gasteiger partial charge on any atom is -0.264 e. The third kappa shape index (κ3) is 2.25. The van der Waals surface area contributed by atoms with Crippen molar-refractivity contribution in [3.8, 4) is 0 Å². The van der Waals surface area contributed by atoms with Crippen LogP contribution in [0.5, 0.6) is 0 Å². The molecule has 0 atom stereocenters. The Morgan fingerprint density at radius 1 is 1.29 bits per heavy atom. The molecule has 0 saturated heterocycles. The van der Waals surface area contributed by atoms with Crippen LogP contribution in [0.25, 0.3) is 0 Å². The van der Waals surface area contributed by atoms with E-state index in [2.05, 4.69) is 0 Å². The van der Waals surface area contributed by atoms with E-state index < -0.39 is 9.85 Å². The van der Waals surface area contributed by atoms with Gasteiger partial charge in [-0.05, 0) is 6.92 Å². The molecule has 0 unspecified atom stereocenters. The standard InChI is InChI=1S/C8H8N2O4/c1-6-2-3-7(5-9(11)12)4-8(6)10(13)14/h2-4H,5H2,1H3. The zero-order valence-electron chi connectivity index (χ0n) is 7.47. The molecule has 74 valence electrons. The van der Waals surface area contributed by atoms with Gasteiger partial charge in [-0.15, -0.1) is 0 Å². The molecule has 14 heavy (non-hydrogen) atoms. The minimum absolute atomic E-state index is 0.0793. The Labute approximate surface area is 79.5 Å². The Morgan fingerprint density at radius 3 is 2.43 bits per heavy atom. The average Bonchev–Trinajstić information content (AvgIpc) is 2.07. The lowest BCUT2D eigenvalue weighted by molar-refractivity contribution is -0.496. The van der Waals surface area contributed by atoms with Crippen LogP contribution >= 0.6 is 0 Å². The summed E-state index contributed by atoms with van der Waals surface area (Å²) in [7, 11) is 0. The van der Waals surface area contributed by atoms with Crippen molar-refractivity contribution >= 4 is 5.69 Å². The molecule has 0 heterocycles. The van der Waals surface area contributed by atoms with Gasteiger partial charge in [0.15, 0.2) is 0 Å². The Hall–Kier alpha value is -1.98. The van der Waals surface area contributed by atoms with Crippen molar-refractivity contribution in [3.05, 3.63) is 49.6 Å². The Bertz CT molecular complexity index is 389. The summed E-state index contributed by atoms with van der Waals surface area (Å²) in [5, 5.41) is 20.7. The number of rotatable bonds is 3. The molecule has 1 rings (SSSR count). The summed E-state index contributed by atoms with van der Waals surface area (Å²) in [6.45, 7) is 1.20. The molecule has 0 aromatic heterocycles. The summed E-state index contributed by atoms with van der Waals surface area (Å²) in [6, 6.07) is 4.26. The number of benzene rings is 1. The summed E-state index contributed by atoms with van der Waals surface area (Å²) in [6.07, 6.45) is 0. The molecule has 0 fully saturated rings. The summed E-state index contributed by atoms with van der Waals surface area (Å²) in [5.74, 6) is 0. The Morgan fingerprint density at radius 2 is 1.93 bits per heavy atom. The van der Waals surface area contributed by atoms with Crippen molar-refractivity contribution in [1.29, 1.82) is 0 Å². The van der Waals surface area contributed by atoms with Gasteiger partial charge in [-0.1, -0.05) is 12.1 Å². The summed E-state index contributed by atoms with van der Waals surface area (Å²) in [4.78, 5) is 19.6. The van der Waals surface area contributed by atoms with Crippen molar-refractivity contribution < 1.29 is 9.85 Å². The molecule has 0 saturated carbocycles. The van der Waals surface area contributed by atoms with E-state index in [1.54, 1.807) is 6.92 Å². The van der Waals surface area contributed by atoms with Crippen molar-refractivity contribution in [3.63, 3.8) is 0 Å². The lowest BCUT2D eigenvalue weighted by Crippen LogP contribution is -2.00. The Kier molecular flexibility index (Phi) is 2.76. The van der Waals surface area contributed by atoms with Gasteiger partial charge < -0.3 is 0 Å². The van der Waals surface area contributed by atoms with Gasteiger partial charge in [-0.2, -0.15) is 0 Å². The minimum atomic E-state index is -0.543. The molecule has 6 nitrogen and oxygen atoms in total. The first kappa shape index (κ1) is 10.1. The highest BCUT2D eigenvalue weighted by molar-refractivity contribution is 5.42. The predicted octanol–water partition coefficient (Wildman–Crippen LogP) is 1.68. The van der Waals surface area contributed by atoms with Gasteiger partial charge in [-0.25, -0.2) is 0 Å². The van der Waals surface area contributed by atoms with E-state index in [0.717, 1.165) is 0 Å². The van der Waals surface area contributed by atoms with E-state index in [9.17, 15) is 20.2 Å². The number of aryl methyl sites for hydroxylation is 1. The van der Waals surface area contributed by atoms with Gasteiger partial charge in [-0.3, -0.25) is 20.2 Å². The van der Waals surface area contributed by atoms with Gasteiger partial charge in [0.05, 0.1) is 4.92 Å².